The first kappa shape index (κ1) is 26.4. The second kappa shape index (κ2) is 7.66. The summed E-state index contributed by atoms with van der Waals surface area (Å²) in [6, 6.07) is 0. The van der Waals surface area contributed by atoms with Gasteiger partial charge in [0.05, 0.1) is 22.0 Å². The second-order valence-electron chi connectivity index (χ2n) is 12.8. The number of halogens is 1. The van der Waals surface area contributed by atoms with Crippen LogP contribution in [0.4, 0.5) is 0 Å². The monoisotopic (exact) mass is 522 g/mol. The van der Waals surface area contributed by atoms with Gasteiger partial charge in [0.2, 0.25) is 0 Å². The van der Waals surface area contributed by atoms with Gasteiger partial charge in [0.15, 0.2) is 5.78 Å². The van der Waals surface area contributed by atoms with Crippen LogP contribution in [0.3, 0.4) is 0 Å². The number of alkyl halides is 1. The lowest BCUT2D eigenvalue weighted by Crippen LogP contribution is -2.75. The van der Waals surface area contributed by atoms with Gasteiger partial charge in [0.1, 0.15) is 17.3 Å². The lowest BCUT2D eigenvalue weighted by Gasteiger charge is -2.66. The van der Waals surface area contributed by atoms with Gasteiger partial charge in [-0.3, -0.25) is 4.79 Å². The maximum absolute atomic E-state index is 13.3. The quantitative estimate of drug-likeness (QED) is 0.324. The number of carbonyl (C=O) groups is 2. The van der Waals surface area contributed by atoms with E-state index >= 15 is 0 Å². The predicted molar refractivity (Wildman–Crippen MR) is 133 cm³/mol. The minimum absolute atomic E-state index is 0.105. The van der Waals surface area contributed by atoms with Crippen molar-refractivity contribution in [3.8, 4) is 0 Å². The van der Waals surface area contributed by atoms with Crippen molar-refractivity contribution in [1.29, 1.82) is 0 Å². The van der Waals surface area contributed by atoms with Gasteiger partial charge in [-0.05, 0) is 84.1 Å². The van der Waals surface area contributed by atoms with E-state index in [0.717, 1.165) is 5.57 Å². The van der Waals surface area contributed by atoms with Gasteiger partial charge in [-0.25, -0.2) is 4.79 Å². The summed E-state index contributed by atoms with van der Waals surface area (Å²) in [5.74, 6) is -1.48. The van der Waals surface area contributed by atoms with E-state index in [-0.39, 0.29) is 31.0 Å². The number of esters is 1. The summed E-state index contributed by atoms with van der Waals surface area (Å²) < 4.78 is 5.61. The SMILES string of the molecule is CC1=C(C)C(=O)O[C@@H]([C@](C)(O)[C@@]2(O)CC[C@@]3(O)[C@@H]4C[C@H](Cl)[C@]5(O)CC=CC(=O)[C@]5(C)[C@H]4CC[C@]23C)C1. The molecule has 3 fully saturated rings. The fourth-order valence-corrected chi connectivity index (χ4v) is 9.41. The highest BCUT2D eigenvalue weighted by Gasteiger charge is 2.78. The molecule has 1 aliphatic heterocycles. The number of aliphatic hydroxyl groups is 4. The van der Waals surface area contributed by atoms with Crippen molar-refractivity contribution in [3.63, 3.8) is 0 Å². The molecule has 3 saturated carbocycles. The van der Waals surface area contributed by atoms with E-state index in [0.29, 0.717) is 31.3 Å². The second-order valence-corrected chi connectivity index (χ2v) is 13.3. The fraction of sp³-hybridized carbons (Fsp3) is 0.786. The van der Waals surface area contributed by atoms with Crippen LogP contribution in [0.2, 0.25) is 0 Å². The van der Waals surface area contributed by atoms with Crippen molar-refractivity contribution in [2.24, 2.45) is 22.7 Å². The molecule has 0 unspecified atom stereocenters. The molecule has 0 aromatic rings. The molecule has 0 radical (unpaired) electrons. The van der Waals surface area contributed by atoms with E-state index in [2.05, 4.69) is 0 Å². The van der Waals surface area contributed by atoms with Gasteiger partial charge in [-0.2, -0.15) is 0 Å². The van der Waals surface area contributed by atoms with E-state index < -0.39 is 56.6 Å². The molecule has 5 rings (SSSR count). The highest BCUT2D eigenvalue weighted by Crippen LogP contribution is 2.71. The van der Waals surface area contributed by atoms with E-state index in [4.69, 9.17) is 16.3 Å². The summed E-state index contributed by atoms with van der Waals surface area (Å²) in [5, 5.41) is 47.6. The molecule has 36 heavy (non-hydrogen) atoms. The molecule has 0 aromatic heterocycles. The van der Waals surface area contributed by atoms with Crippen LogP contribution in [-0.4, -0.2) is 66.1 Å². The average molecular weight is 523 g/mol. The summed E-state index contributed by atoms with van der Waals surface area (Å²) in [5.41, 5.74) is -7.45. The predicted octanol–water partition coefficient (Wildman–Crippen LogP) is 2.96. The number of cyclic esters (lactones) is 1. The normalized spacial score (nSPS) is 52.3. The zero-order valence-corrected chi connectivity index (χ0v) is 22.6. The molecule has 8 heteroatoms. The molecular formula is C28H39ClO7. The van der Waals surface area contributed by atoms with Crippen LogP contribution < -0.4 is 0 Å². The molecule has 0 bridgehead atoms. The van der Waals surface area contributed by atoms with Crippen molar-refractivity contribution in [2.45, 2.75) is 113 Å². The third-order valence-electron chi connectivity index (χ3n) is 11.8. The minimum atomic E-state index is -1.83. The third kappa shape index (κ3) is 2.79. The molecule has 10 atom stereocenters. The van der Waals surface area contributed by atoms with Crippen LogP contribution in [0, 0.1) is 22.7 Å². The summed E-state index contributed by atoms with van der Waals surface area (Å²) >= 11 is 6.81. The molecule has 4 aliphatic carbocycles. The van der Waals surface area contributed by atoms with E-state index in [1.807, 2.05) is 6.92 Å². The minimum Gasteiger partial charge on any atom is -0.455 e. The zero-order valence-electron chi connectivity index (χ0n) is 21.8. The number of hydrogen-bond acceptors (Lipinski definition) is 7. The van der Waals surface area contributed by atoms with Crippen LogP contribution in [0.1, 0.15) is 79.6 Å². The number of ether oxygens (including phenoxy) is 1. The van der Waals surface area contributed by atoms with Gasteiger partial charge in [0.25, 0.3) is 0 Å². The fourth-order valence-electron chi connectivity index (χ4n) is 8.90. The topological polar surface area (TPSA) is 124 Å². The maximum Gasteiger partial charge on any atom is 0.334 e. The molecule has 4 N–H and O–H groups in total. The van der Waals surface area contributed by atoms with Gasteiger partial charge in [0, 0.05) is 17.4 Å². The van der Waals surface area contributed by atoms with Gasteiger partial charge >= 0.3 is 5.97 Å². The number of hydrogen-bond donors (Lipinski definition) is 4. The number of rotatable bonds is 2. The number of ketones is 1. The Labute approximate surface area is 217 Å². The van der Waals surface area contributed by atoms with E-state index in [1.54, 1.807) is 26.8 Å². The van der Waals surface area contributed by atoms with Crippen LogP contribution in [0.5, 0.6) is 0 Å². The molecule has 1 heterocycles. The standard InChI is InChI=1S/C28H39ClO7/c1-15-13-21(36-22(31)16(15)2)25(5,32)28(35)12-11-26(33)18-14-19(29)27(34)9-6-7-20(30)24(27,4)17(18)8-10-23(26,28)3/h6-7,17-19,21,32-35H,8-14H2,1-5H3/t17-,18+,19-,21+,23-,24-,25-,26+,27+,28+/m0/s1. The summed E-state index contributed by atoms with van der Waals surface area (Å²) in [7, 11) is 0. The molecule has 7 nitrogen and oxygen atoms in total. The van der Waals surface area contributed by atoms with Crippen molar-refractivity contribution in [1.82, 2.24) is 0 Å². The highest BCUT2D eigenvalue weighted by molar-refractivity contribution is 6.22. The van der Waals surface area contributed by atoms with Gasteiger partial charge in [-0.1, -0.05) is 18.6 Å². The van der Waals surface area contributed by atoms with Crippen molar-refractivity contribution >= 4 is 23.4 Å². The molecule has 0 aromatic carbocycles. The maximum atomic E-state index is 13.3. The van der Waals surface area contributed by atoms with Crippen LogP contribution >= 0.6 is 11.6 Å². The van der Waals surface area contributed by atoms with Crippen LogP contribution in [-0.2, 0) is 14.3 Å². The Bertz CT molecular complexity index is 1080. The Balaban J connectivity index is 1.55. The largest absolute Gasteiger partial charge is 0.455 e. The molecule has 5 aliphatic rings. The Hall–Kier alpha value is -1.25. The molecule has 200 valence electrons. The van der Waals surface area contributed by atoms with Gasteiger partial charge in [-0.15, -0.1) is 11.6 Å². The first-order valence-corrected chi connectivity index (χ1v) is 13.6. The van der Waals surface area contributed by atoms with Crippen molar-refractivity contribution in [2.75, 3.05) is 0 Å². The Kier molecular flexibility index (Phi) is 5.61. The average Bonchev–Trinajstić information content (AvgIpc) is 3.03. The first-order valence-electron chi connectivity index (χ1n) is 13.1. The summed E-state index contributed by atoms with van der Waals surface area (Å²) in [6.07, 6.45) is 4.22. The lowest BCUT2D eigenvalue weighted by molar-refractivity contribution is -0.290. The molecule has 0 amide bonds. The Morgan fingerprint density at radius 1 is 1.06 bits per heavy atom. The summed E-state index contributed by atoms with van der Waals surface area (Å²) in [4.78, 5) is 25.7. The number of allylic oxidation sites excluding steroid dienone is 1. The Morgan fingerprint density at radius 2 is 1.72 bits per heavy atom. The molecule has 0 saturated heterocycles. The van der Waals surface area contributed by atoms with Crippen LogP contribution in [0.15, 0.2) is 23.3 Å². The highest BCUT2D eigenvalue weighted by atomic mass is 35.5. The van der Waals surface area contributed by atoms with E-state index in [9.17, 15) is 30.0 Å². The number of fused-ring (bicyclic) bond motifs is 5. The molecular weight excluding hydrogens is 484 g/mol. The van der Waals surface area contributed by atoms with Crippen molar-refractivity contribution in [3.05, 3.63) is 23.3 Å². The van der Waals surface area contributed by atoms with E-state index in [1.165, 1.54) is 13.0 Å². The summed E-state index contributed by atoms with van der Waals surface area (Å²) in [6.45, 7) is 8.58. The van der Waals surface area contributed by atoms with Gasteiger partial charge < -0.3 is 25.2 Å². The smallest absolute Gasteiger partial charge is 0.334 e. The number of carbonyl (C=O) groups excluding carboxylic acids is 2. The zero-order chi connectivity index (χ0) is 26.7. The molecule has 0 spiro atoms. The third-order valence-corrected chi connectivity index (χ3v) is 12.3. The first-order chi connectivity index (χ1) is 16.5. The Morgan fingerprint density at radius 3 is 2.36 bits per heavy atom. The van der Waals surface area contributed by atoms with Crippen molar-refractivity contribution < 1.29 is 34.8 Å². The lowest BCUT2D eigenvalue weighted by atomic mass is 9.41. The van der Waals surface area contributed by atoms with Crippen LogP contribution in [0.25, 0.3) is 0 Å².